The van der Waals surface area contributed by atoms with E-state index in [-0.39, 0.29) is 0 Å². The molecule has 1 N–H and O–H groups in total. The number of nitro groups is 1. The minimum Gasteiger partial charge on any atom is -0.383 e. The molecule has 0 bridgehead atoms. The Labute approximate surface area is 52.7 Å². The lowest BCUT2D eigenvalue weighted by Gasteiger charge is -1.88. The maximum Gasteiger partial charge on any atom is 0.249 e. The fourth-order valence-corrected chi connectivity index (χ4v) is 0.490. The van der Waals surface area contributed by atoms with Crippen molar-refractivity contribution >= 4 is 0 Å². The molecule has 4 nitrogen and oxygen atoms in total. The monoisotopic (exact) mass is 128 g/mol. The van der Waals surface area contributed by atoms with E-state index < -0.39 is 4.92 Å². The first kappa shape index (κ1) is 6.07. The summed E-state index contributed by atoms with van der Waals surface area (Å²) in [5.74, 6) is 0. The molecular formula is C5H8N2O2. The van der Waals surface area contributed by atoms with Crippen molar-refractivity contribution in [1.82, 2.24) is 5.32 Å². The largest absolute Gasteiger partial charge is 0.383 e. The minimum absolute atomic E-state index is 0.477. The molecule has 0 atom stereocenters. The van der Waals surface area contributed by atoms with Crippen LogP contribution in [0.25, 0.3) is 0 Å². The Balaban J connectivity index is 2.08. The molecule has 0 aromatic heterocycles. The first-order chi connectivity index (χ1) is 4.29. The average Bonchev–Trinajstić information content (AvgIpc) is 2.48. The van der Waals surface area contributed by atoms with Crippen LogP contribution in [0.2, 0.25) is 0 Å². The zero-order valence-electron chi connectivity index (χ0n) is 4.91. The first-order valence-corrected chi connectivity index (χ1v) is 2.85. The van der Waals surface area contributed by atoms with Crippen LogP contribution in [0.1, 0.15) is 12.8 Å². The van der Waals surface area contributed by atoms with Crippen molar-refractivity contribution < 1.29 is 4.92 Å². The molecule has 9 heavy (non-hydrogen) atoms. The number of nitrogens with one attached hydrogen (secondary N) is 1. The quantitative estimate of drug-likeness (QED) is 0.444. The SMILES string of the molecule is O=[N+]([O-])/C=C/NC1CC1. The Kier molecular flexibility index (Phi) is 1.67. The predicted octanol–water partition coefficient (Wildman–Crippen LogP) is 0.486. The van der Waals surface area contributed by atoms with E-state index in [9.17, 15) is 10.1 Å². The standard InChI is InChI=1S/C5H8N2O2/c8-7(9)4-3-6-5-1-2-5/h3-6H,1-2H2/b4-3+. The van der Waals surface area contributed by atoms with Gasteiger partial charge >= 0.3 is 0 Å². The second-order valence-electron chi connectivity index (χ2n) is 2.04. The smallest absolute Gasteiger partial charge is 0.249 e. The van der Waals surface area contributed by atoms with Crippen LogP contribution in [-0.2, 0) is 0 Å². The number of hydrogen-bond acceptors (Lipinski definition) is 3. The molecule has 1 fully saturated rings. The third kappa shape index (κ3) is 2.69. The molecule has 4 heteroatoms. The fraction of sp³-hybridized carbons (Fsp3) is 0.600. The van der Waals surface area contributed by atoms with Gasteiger partial charge in [-0.05, 0) is 12.8 Å². The van der Waals surface area contributed by atoms with Crippen LogP contribution in [-0.4, -0.2) is 11.0 Å². The zero-order chi connectivity index (χ0) is 6.69. The minimum atomic E-state index is -0.477. The van der Waals surface area contributed by atoms with Gasteiger partial charge in [0.15, 0.2) is 0 Å². The maximum absolute atomic E-state index is 9.68. The van der Waals surface area contributed by atoms with Gasteiger partial charge in [0.1, 0.15) is 0 Å². The first-order valence-electron chi connectivity index (χ1n) is 2.85. The summed E-state index contributed by atoms with van der Waals surface area (Å²) in [7, 11) is 0. The van der Waals surface area contributed by atoms with Crippen LogP contribution in [0, 0.1) is 10.1 Å². The van der Waals surface area contributed by atoms with E-state index in [0.29, 0.717) is 6.04 Å². The van der Waals surface area contributed by atoms with Gasteiger partial charge in [-0.3, -0.25) is 10.1 Å². The zero-order valence-corrected chi connectivity index (χ0v) is 4.91. The van der Waals surface area contributed by atoms with Gasteiger partial charge in [0.25, 0.3) is 0 Å². The van der Waals surface area contributed by atoms with Crippen LogP contribution in [0.4, 0.5) is 0 Å². The third-order valence-corrected chi connectivity index (χ3v) is 1.11. The predicted molar refractivity (Wildman–Crippen MR) is 32.3 cm³/mol. The van der Waals surface area contributed by atoms with Gasteiger partial charge in [0.2, 0.25) is 6.20 Å². The lowest BCUT2D eigenvalue weighted by atomic mass is 10.7. The molecule has 0 heterocycles. The average molecular weight is 128 g/mol. The summed E-state index contributed by atoms with van der Waals surface area (Å²) >= 11 is 0. The highest BCUT2D eigenvalue weighted by atomic mass is 16.6. The molecule has 0 aromatic rings. The Hall–Kier alpha value is -1.06. The summed E-state index contributed by atoms with van der Waals surface area (Å²) in [5.41, 5.74) is 0. The van der Waals surface area contributed by atoms with Crippen LogP contribution in [0.3, 0.4) is 0 Å². The fourth-order valence-electron chi connectivity index (χ4n) is 0.490. The van der Waals surface area contributed by atoms with Crippen molar-refractivity contribution in [2.75, 3.05) is 0 Å². The summed E-state index contributed by atoms with van der Waals surface area (Å²) in [5, 5.41) is 12.5. The molecule has 0 aromatic carbocycles. The highest BCUT2D eigenvalue weighted by molar-refractivity contribution is 4.86. The van der Waals surface area contributed by atoms with E-state index in [4.69, 9.17) is 0 Å². The Morgan fingerprint density at radius 2 is 2.33 bits per heavy atom. The maximum atomic E-state index is 9.68. The normalized spacial score (nSPS) is 18.2. The molecule has 0 amide bonds. The van der Waals surface area contributed by atoms with Gasteiger partial charge in [0, 0.05) is 6.04 Å². The van der Waals surface area contributed by atoms with Gasteiger partial charge in [-0.1, -0.05) is 0 Å². The van der Waals surface area contributed by atoms with Crippen molar-refractivity contribution in [2.24, 2.45) is 0 Å². The molecule has 0 spiro atoms. The summed E-state index contributed by atoms with van der Waals surface area (Å²) in [6.07, 6.45) is 4.58. The van der Waals surface area contributed by atoms with Gasteiger partial charge in [-0.15, -0.1) is 0 Å². The van der Waals surface area contributed by atoms with Crippen LogP contribution < -0.4 is 5.32 Å². The second-order valence-corrected chi connectivity index (χ2v) is 2.04. The molecule has 0 aliphatic heterocycles. The molecule has 0 saturated heterocycles. The van der Waals surface area contributed by atoms with Gasteiger partial charge < -0.3 is 5.32 Å². The van der Waals surface area contributed by atoms with Gasteiger partial charge in [0.05, 0.1) is 11.1 Å². The third-order valence-electron chi connectivity index (χ3n) is 1.11. The summed E-state index contributed by atoms with van der Waals surface area (Å²) in [6.45, 7) is 0. The summed E-state index contributed by atoms with van der Waals surface area (Å²) in [6, 6.07) is 0.501. The highest BCUT2D eigenvalue weighted by Crippen LogP contribution is 2.18. The molecule has 1 aliphatic rings. The van der Waals surface area contributed by atoms with Gasteiger partial charge in [-0.2, -0.15) is 0 Å². The van der Waals surface area contributed by atoms with E-state index in [1.54, 1.807) is 0 Å². The van der Waals surface area contributed by atoms with Crippen molar-refractivity contribution in [3.05, 3.63) is 22.5 Å². The van der Waals surface area contributed by atoms with Crippen molar-refractivity contribution in [3.63, 3.8) is 0 Å². The molecular weight excluding hydrogens is 120 g/mol. The van der Waals surface area contributed by atoms with Crippen molar-refractivity contribution in [3.8, 4) is 0 Å². The van der Waals surface area contributed by atoms with Crippen molar-refractivity contribution in [2.45, 2.75) is 18.9 Å². The Bertz CT molecular complexity index is 140. The second kappa shape index (κ2) is 2.48. The summed E-state index contributed by atoms with van der Waals surface area (Å²) < 4.78 is 0. The molecule has 1 rings (SSSR count). The number of hydrogen-bond donors (Lipinski definition) is 1. The van der Waals surface area contributed by atoms with Crippen LogP contribution in [0.5, 0.6) is 0 Å². The lowest BCUT2D eigenvalue weighted by molar-refractivity contribution is -0.402. The van der Waals surface area contributed by atoms with E-state index in [2.05, 4.69) is 5.32 Å². The number of nitrogens with zero attached hydrogens (tertiary/aromatic N) is 1. The van der Waals surface area contributed by atoms with E-state index in [1.165, 1.54) is 6.20 Å². The van der Waals surface area contributed by atoms with Crippen LogP contribution in [0.15, 0.2) is 12.4 Å². The van der Waals surface area contributed by atoms with E-state index in [1.807, 2.05) is 0 Å². The van der Waals surface area contributed by atoms with E-state index in [0.717, 1.165) is 19.0 Å². The molecule has 0 radical (unpaired) electrons. The highest BCUT2D eigenvalue weighted by Gasteiger charge is 2.18. The van der Waals surface area contributed by atoms with E-state index >= 15 is 0 Å². The number of rotatable bonds is 3. The molecule has 1 saturated carbocycles. The molecule has 1 aliphatic carbocycles. The lowest BCUT2D eigenvalue weighted by Crippen LogP contribution is -2.07. The summed E-state index contributed by atoms with van der Waals surface area (Å²) in [4.78, 5) is 9.20. The van der Waals surface area contributed by atoms with Crippen molar-refractivity contribution in [1.29, 1.82) is 0 Å². The van der Waals surface area contributed by atoms with Gasteiger partial charge in [-0.25, -0.2) is 0 Å². The van der Waals surface area contributed by atoms with Crippen LogP contribution >= 0.6 is 0 Å². The topological polar surface area (TPSA) is 55.2 Å². The molecule has 0 unspecified atom stereocenters. The Morgan fingerprint density at radius 1 is 1.67 bits per heavy atom. The Morgan fingerprint density at radius 3 is 2.78 bits per heavy atom. The molecule has 50 valence electrons.